The average molecular weight is 372 g/mol. The van der Waals surface area contributed by atoms with Crippen molar-refractivity contribution >= 4 is 28.9 Å². The molecule has 0 spiro atoms. The van der Waals surface area contributed by atoms with E-state index in [1.807, 2.05) is 55.5 Å². The number of H-pyrrole nitrogens is 1. The van der Waals surface area contributed by atoms with Crippen LogP contribution in [0, 0.1) is 0 Å². The normalized spacial score (nSPS) is 22.0. The number of piperazine rings is 1. The fourth-order valence-corrected chi connectivity index (χ4v) is 4.33. The summed E-state index contributed by atoms with van der Waals surface area (Å²) in [5.41, 5.74) is 4.08. The number of carbonyl (C=O) groups is 2. The zero-order chi connectivity index (χ0) is 19.3. The Morgan fingerprint density at radius 1 is 1.07 bits per heavy atom. The van der Waals surface area contributed by atoms with Crippen LogP contribution in [-0.2, 0) is 16.0 Å². The van der Waals surface area contributed by atoms with Gasteiger partial charge in [0.1, 0.15) is 12.6 Å². The van der Waals surface area contributed by atoms with Crippen LogP contribution in [0.25, 0.3) is 10.9 Å². The van der Waals surface area contributed by atoms with Crippen molar-refractivity contribution in [3.63, 3.8) is 0 Å². The molecule has 1 aromatic heterocycles. The molecule has 3 aromatic rings. The summed E-state index contributed by atoms with van der Waals surface area (Å²) in [6.45, 7) is 1.95. The van der Waals surface area contributed by atoms with Gasteiger partial charge in [-0.3, -0.25) is 9.59 Å². The molecular formula is C22H20N4O2. The molecule has 2 amide bonds. The van der Waals surface area contributed by atoms with E-state index in [-0.39, 0.29) is 24.4 Å². The summed E-state index contributed by atoms with van der Waals surface area (Å²) in [5, 5.41) is 6.74. The Bertz CT molecular complexity index is 1100. The van der Waals surface area contributed by atoms with E-state index >= 15 is 0 Å². The Hall–Kier alpha value is -3.41. The highest BCUT2D eigenvalue weighted by Gasteiger charge is 2.46. The standard InChI is InChI=1S/C22H20N4O2/c1-14-21-17(16-9-5-6-10-18(16)24-21)11-19-22(28)25(13-20(27)26(14)19)23-12-15-7-3-2-4-8-15/h2-10,12,14,19,24H,11,13H2,1H3/b23-12+/t14-,19+/m1/s1. The maximum absolute atomic E-state index is 13.1. The van der Waals surface area contributed by atoms with Crippen molar-refractivity contribution in [1.29, 1.82) is 0 Å². The molecule has 0 aliphatic carbocycles. The Kier molecular flexibility index (Phi) is 3.79. The summed E-state index contributed by atoms with van der Waals surface area (Å²) in [4.78, 5) is 31.2. The highest BCUT2D eigenvalue weighted by atomic mass is 16.2. The van der Waals surface area contributed by atoms with Crippen LogP contribution in [0.15, 0.2) is 59.7 Å². The molecule has 6 heteroatoms. The third-order valence-electron chi connectivity index (χ3n) is 5.67. The van der Waals surface area contributed by atoms with Gasteiger partial charge in [-0.05, 0) is 24.1 Å². The largest absolute Gasteiger partial charge is 0.356 e. The molecule has 2 aliphatic heterocycles. The number of carbonyl (C=O) groups excluding carboxylic acids is 2. The van der Waals surface area contributed by atoms with Gasteiger partial charge in [0, 0.05) is 23.0 Å². The molecule has 28 heavy (non-hydrogen) atoms. The molecule has 1 saturated heterocycles. The lowest BCUT2D eigenvalue weighted by Gasteiger charge is -2.44. The topological polar surface area (TPSA) is 68.8 Å². The van der Waals surface area contributed by atoms with Crippen molar-refractivity contribution in [2.45, 2.75) is 25.4 Å². The van der Waals surface area contributed by atoms with Crippen molar-refractivity contribution in [3.8, 4) is 0 Å². The van der Waals surface area contributed by atoms with Gasteiger partial charge in [0.15, 0.2) is 0 Å². The lowest BCUT2D eigenvalue weighted by Crippen LogP contribution is -2.61. The van der Waals surface area contributed by atoms with E-state index in [0.29, 0.717) is 6.42 Å². The van der Waals surface area contributed by atoms with Crippen LogP contribution in [-0.4, -0.2) is 45.5 Å². The van der Waals surface area contributed by atoms with Crippen LogP contribution in [0.1, 0.15) is 29.8 Å². The summed E-state index contributed by atoms with van der Waals surface area (Å²) < 4.78 is 0. The van der Waals surface area contributed by atoms with Gasteiger partial charge < -0.3 is 9.88 Å². The van der Waals surface area contributed by atoms with Crippen molar-refractivity contribution in [2.75, 3.05) is 6.54 Å². The van der Waals surface area contributed by atoms with E-state index in [4.69, 9.17) is 0 Å². The number of nitrogens with one attached hydrogen (secondary N) is 1. The van der Waals surface area contributed by atoms with Gasteiger partial charge in [-0.1, -0.05) is 48.5 Å². The summed E-state index contributed by atoms with van der Waals surface area (Å²) >= 11 is 0. The number of hydrogen-bond donors (Lipinski definition) is 1. The number of benzene rings is 2. The van der Waals surface area contributed by atoms with E-state index in [0.717, 1.165) is 27.7 Å². The Morgan fingerprint density at radius 2 is 1.82 bits per heavy atom. The lowest BCUT2D eigenvalue weighted by molar-refractivity contribution is -0.159. The molecule has 3 heterocycles. The molecule has 2 aromatic carbocycles. The van der Waals surface area contributed by atoms with E-state index in [9.17, 15) is 9.59 Å². The number of aromatic nitrogens is 1. The van der Waals surface area contributed by atoms with E-state index < -0.39 is 6.04 Å². The first-order valence-corrected chi connectivity index (χ1v) is 9.44. The fraction of sp³-hybridized carbons (Fsp3) is 0.227. The van der Waals surface area contributed by atoms with Gasteiger partial charge >= 0.3 is 0 Å². The van der Waals surface area contributed by atoms with Crippen molar-refractivity contribution in [3.05, 3.63) is 71.4 Å². The minimum Gasteiger partial charge on any atom is -0.356 e. The molecule has 5 rings (SSSR count). The summed E-state index contributed by atoms with van der Waals surface area (Å²) in [7, 11) is 0. The second kappa shape index (κ2) is 6.34. The predicted octanol–water partition coefficient (Wildman–Crippen LogP) is 2.86. The molecule has 0 radical (unpaired) electrons. The molecule has 140 valence electrons. The maximum Gasteiger partial charge on any atom is 0.266 e. The second-order valence-corrected chi connectivity index (χ2v) is 7.31. The number of fused-ring (bicyclic) bond motifs is 4. The third kappa shape index (κ3) is 2.52. The summed E-state index contributed by atoms with van der Waals surface area (Å²) in [5.74, 6) is -0.207. The van der Waals surface area contributed by atoms with Gasteiger partial charge in [-0.2, -0.15) is 5.10 Å². The average Bonchev–Trinajstić information content (AvgIpc) is 3.09. The van der Waals surface area contributed by atoms with Gasteiger partial charge in [-0.25, -0.2) is 5.01 Å². The number of para-hydroxylation sites is 1. The van der Waals surface area contributed by atoms with Gasteiger partial charge in [0.2, 0.25) is 5.91 Å². The van der Waals surface area contributed by atoms with Crippen molar-refractivity contribution in [2.24, 2.45) is 5.10 Å². The lowest BCUT2D eigenvalue weighted by atomic mass is 9.90. The summed E-state index contributed by atoms with van der Waals surface area (Å²) in [6.07, 6.45) is 2.13. The van der Waals surface area contributed by atoms with Crippen molar-refractivity contribution in [1.82, 2.24) is 14.9 Å². The van der Waals surface area contributed by atoms with Crippen LogP contribution in [0.2, 0.25) is 0 Å². The maximum atomic E-state index is 13.1. The quantitative estimate of drug-likeness (QED) is 0.703. The third-order valence-corrected chi connectivity index (χ3v) is 5.67. The Labute approximate surface area is 162 Å². The first-order chi connectivity index (χ1) is 13.6. The molecule has 0 unspecified atom stereocenters. The number of nitrogens with zero attached hydrogens (tertiary/aromatic N) is 3. The number of hydrogen-bond acceptors (Lipinski definition) is 3. The van der Waals surface area contributed by atoms with Crippen LogP contribution in [0.3, 0.4) is 0 Å². The molecule has 6 nitrogen and oxygen atoms in total. The number of aromatic amines is 1. The van der Waals surface area contributed by atoms with E-state index in [1.165, 1.54) is 5.01 Å². The van der Waals surface area contributed by atoms with Gasteiger partial charge in [0.25, 0.3) is 5.91 Å². The Morgan fingerprint density at radius 3 is 2.64 bits per heavy atom. The predicted molar refractivity (Wildman–Crippen MR) is 107 cm³/mol. The van der Waals surface area contributed by atoms with E-state index in [1.54, 1.807) is 11.1 Å². The minimum absolute atomic E-state index is 0.0292. The van der Waals surface area contributed by atoms with Crippen molar-refractivity contribution < 1.29 is 9.59 Å². The zero-order valence-corrected chi connectivity index (χ0v) is 15.5. The SMILES string of the molecule is C[C@@H]1c2[nH]c3ccccc3c2C[C@H]2C(=O)N(/N=C/c3ccccc3)CC(=O)N12. The van der Waals surface area contributed by atoms with Crippen LogP contribution >= 0.6 is 0 Å². The molecule has 1 fully saturated rings. The van der Waals surface area contributed by atoms with Crippen LogP contribution < -0.4 is 0 Å². The first kappa shape index (κ1) is 16.7. The highest BCUT2D eigenvalue weighted by molar-refractivity contribution is 5.97. The monoisotopic (exact) mass is 372 g/mol. The molecular weight excluding hydrogens is 352 g/mol. The number of rotatable bonds is 2. The molecule has 1 N–H and O–H groups in total. The summed E-state index contributed by atoms with van der Waals surface area (Å²) in [6, 6.07) is 17.0. The van der Waals surface area contributed by atoms with Crippen LogP contribution in [0.4, 0.5) is 0 Å². The van der Waals surface area contributed by atoms with E-state index in [2.05, 4.69) is 16.2 Å². The fourth-order valence-electron chi connectivity index (χ4n) is 4.33. The number of hydrazone groups is 1. The Balaban J connectivity index is 1.50. The zero-order valence-electron chi connectivity index (χ0n) is 15.5. The first-order valence-electron chi connectivity index (χ1n) is 9.44. The van der Waals surface area contributed by atoms with Crippen LogP contribution in [0.5, 0.6) is 0 Å². The van der Waals surface area contributed by atoms with Gasteiger partial charge in [0.05, 0.1) is 12.3 Å². The minimum atomic E-state index is -0.518. The highest BCUT2D eigenvalue weighted by Crippen LogP contribution is 2.38. The van der Waals surface area contributed by atoms with Gasteiger partial charge in [-0.15, -0.1) is 0 Å². The number of amides is 2. The second-order valence-electron chi connectivity index (χ2n) is 7.31. The molecule has 0 saturated carbocycles. The molecule has 2 aliphatic rings. The smallest absolute Gasteiger partial charge is 0.266 e. The molecule has 2 atom stereocenters. The molecule has 0 bridgehead atoms.